The zero-order chi connectivity index (χ0) is 16.1. The SMILES string of the molecule is O=[N+]([O-])c1ccc(C=C(Cl)Nc2ccccn2)c([N+](=O)[O-])c1. The first-order valence-corrected chi connectivity index (χ1v) is 6.33. The molecule has 8 nitrogen and oxygen atoms in total. The molecule has 0 aliphatic heterocycles. The van der Waals surface area contributed by atoms with Gasteiger partial charge in [-0.3, -0.25) is 20.2 Å². The Hall–Kier alpha value is -3.00. The molecule has 0 aliphatic rings. The Labute approximate surface area is 129 Å². The van der Waals surface area contributed by atoms with E-state index < -0.39 is 15.5 Å². The molecule has 0 saturated heterocycles. The molecule has 0 spiro atoms. The lowest BCUT2D eigenvalue weighted by Crippen LogP contribution is -1.98. The van der Waals surface area contributed by atoms with Crippen molar-refractivity contribution in [2.45, 2.75) is 0 Å². The summed E-state index contributed by atoms with van der Waals surface area (Å²) in [6.07, 6.45) is 2.86. The van der Waals surface area contributed by atoms with Crippen molar-refractivity contribution in [3.05, 3.63) is 73.5 Å². The Morgan fingerprint density at radius 1 is 1.18 bits per heavy atom. The average molecular weight is 321 g/mol. The predicted octanol–water partition coefficient (Wildman–Crippen LogP) is 3.55. The van der Waals surface area contributed by atoms with Crippen molar-refractivity contribution in [2.24, 2.45) is 0 Å². The second-order valence-electron chi connectivity index (χ2n) is 4.09. The number of halogens is 1. The molecule has 0 fully saturated rings. The number of non-ortho nitro benzene ring substituents is 1. The van der Waals surface area contributed by atoms with Gasteiger partial charge in [0.15, 0.2) is 0 Å². The minimum absolute atomic E-state index is 0.0932. The fourth-order valence-corrected chi connectivity index (χ4v) is 1.87. The van der Waals surface area contributed by atoms with E-state index in [1.165, 1.54) is 18.2 Å². The van der Waals surface area contributed by atoms with Gasteiger partial charge in [0.2, 0.25) is 0 Å². The fraction of sp³-hybridized carbons (Fsp3) is 0. The topological polar surface area (TPSA) is 111 Å². The van der Waals surface area contributed by atoms with Crippen molar-refractivity contribution < 1.29 is 9.85 Å². The van der Waals surface area contributed by atoms with Gasteiger partial charge in [0, 0.05) is 12.3 Å². The largest absolute Gasteiger partial charge is 0.331 e. The van der Waals surface area contributed by atoms with E-state index in [-0.39, 0.29) is 16.4 Å². The molecule has 1 heterocycles. The van der Waals surface area contributed by atoms with Crippen molar-refractivity contribution in [3.63, 3.8) is 0 Å². The first-order valence-electron chi connectivity index (χ1n) is 5.95. The molecule has 0 aliphatic carbocycles. The lowest BCUT2D eigenvalue weighted by molar-refractivity contribution is -0.394. The van der Waals surface area contributed by atoms with Crippen LogP contribution in [0.1, 0.15) is 5.56 Å². The third-order valence-corrected chi connectivity index (χ3v) is 2.82. The molecule has 2 aromatic rings. The molecule has 0 radical (unpaired) electrons. The van der Waals surface area contributed by atoms with Gasteiger partial charge in [0.05, 0.1) is 21.5 Å². The van der Waals surface area contributed by atoms with E-state index in [2.05, 4.69) is 10.3 Å². The summed E-state index contributed by atoms with van der Waals surface area (Å²) in [4.78, 5) is 24.3. The van der Waals surface area contributed by atoms with Crippen molar-refractivity contribution >= 4 is 34.9 Å². The molecule has 1 aromatic heterocycles. The minimum Gasteiger partial charge on any atom is -0.331 e. The number of nitro benzene ring substituents is 2. The van der Waals surface area contributed by atoms with Gasteiger partial charge < -0.3 is 5.32 Å². The van der Waals surface area contributed by atoms with Crippen LogP contribution in [0.2, 0.25) is 0 Å². The summed E-state index contributed by atoms with van der Waals surface area (Å²) in [7, 11) is 0. The van der Waals surface area contributed by atoms with Crippen molar-refractivity contribution in [1.29, 1.82) is 0 Å². The molecule has 2 rings (SSSR count). The van der Waals surface area contributed by atoms with Gasteiger partial charge in [-0.15, -0.1) is 0 Å². The number of hydrogen-bond donors (Lipinski definition) is 1. The van der Waals surface area contributed by atoms with Crippen LogP contribution in [0.25, 0.3) is 6.08 Å². The molecule has 1 N–H and O–H groups in total. The lowest BCUT2D eigenvalue weighted by atomic mass is 10.1. The van der Waals surface area contributed by atoms with Crippen LogP contribution in [-0.2, 0) is 0 Å². The molecule has 0 unspecified atom stereocenters. The standard InChI is InChI=1S/C13H9ClN4O4/c14-12(16-13-3-1-2-6-15-13)7-9-4-5-10(17(19)20)8-11(9)18(21)22/h1-8H,(H,15,16). The molecule has 0 amide bonds. The molecule has 0 bridgehead atoms. The van der Waals surface area contributed by atoms with Gasteiger partial charge in [-0.05, 0) is 24.3 Å². The van der Waals surface area contributed by atoms with Gasteiger partial charge in [-0.25, -0.2) is 4.98 Å². The molecule has 22 heavy (non-hydrogen) atoms. The number of aromatic nitrogens is 1. The van der Waals surface area contributed by atoms with Crippen molar-refractivity contribution in [2.75, 3.05) is 5.32 Å². The third-order valence-electron chi connectivity index (χ3n) is 2.62. The highest BCUT2D eigenvalue weighted by molar-refractivity contribution is 6.32. The maximum atomic E-state index is 11.0. The Bertz CT molecular complexity index is 749. The molecule has 0 atom stereocenters. The highest BCUT2D eigenvalue weighted by atomic mass is 35.5. The first kappa shape index (κ1) is 15.4. The summed E-state index contributed by atoms with van der Waals surface area (Å²) in [6, 6.07) is 8.46. The minimum atomic E-state index is -0.705. The van der Waals surface area contributed by atoms with Gasteiger partial charge in [0.1, 0.15) is 11.0 Å². The van der Waals surface area contributed by atoms with Crippen LogP contribution in [0.15, 0.2) is 47.8 Å². The van der Waals surface area contributed by atoms with E-state index in [0.717, 1.165) is 6.07 Å². The lowest BCUT2D eigenvalue weighted by Gasteiger charge is -2.04. The van der Waals surface area contributed by atoms with Crippen molar-refractivity contribution in [1.82, 2.24) is 4.98 Å². The number of rotatable bonds is 5. The van der Waals surface area contributed by atoms with Crippen LogP contribution < -0.4 is 5.32 Å². The number of anilines is 1. The summed E-state index contributed by atoms with van der Waals surface area (Å²) < 4.78 is 0. The molecular formula is C13H9ClN4O4. The highest BCUT2D eigenvalue weighted by Crippen LogP contribution is 2.27. The van der Waals surface area contributed by atoms with E-state index in [4.69, 9.17) is 11.6 Å². The Kier molecular flexibility index (Phi) is 4.64. The number of hydrogen-bond acceptors (Lipinski definition) is 6. The Morgan fingerprint density at radius 2 is 1.95 bits per heavy atom. The summed E-state index contributed by atoms with van der Waals surface area (Å²) in [5.74, 6) is 0.466. The zero-order valence-corrected chi connectivity index (χ0v) is 11.7. The number of nitrogens with zero attached hydrogens (tertiary/aromatic N) is 3. The van der Waals surface area contributed by atoms with Crippen LogP contribution in [0.4, 0.5) is 17.2 Å². The average Bonchev–Trinajstić information content (AvgIpc) is 2.48. The number of pyridine rings is 1. The van der Waals surface area contributed by atoms with E-state index in [1.54, 1.807) is 24.4 Å². The van der Waals surface area contributed by atoms with Crippen LogP contribution in [0.5, 0.6) is 0 Å². The Morgan fingerprint density at radius 3 is 2.55 bits per heavy atom. The third kappa shape index (κ3) is 3.76. The summed E-state index contributed by atoms with van der Waals surface area (Å²) >= 11 is 5.98. The summed E-state index contributed by atoms with van der Waals surface area (Å²) in [5, 5.41) is 24.5. The van der Waals surface area contributed by atoms with E-state index in [1.807, 2.05) is 0 Å². The van der Waals surface area contributed by atoms with Crippen LogP contribution in [-0.4, -0.2) is 14.8 Å². The predicted molar refractivity (Wildman–Crippen MR) is 81.4 cm³/mol. The second-order valence-corrected chi connectivity index (χ2v) is 4.50. The molecular weight excluding hydrogens is 312 g/mol. The molecule has 1 aromatic carbocycles. The van der Waals surface area contributed by atoms with Gasteiger partial charge in [-0.2, -0.15) is 0 Å². The monoisotopic (exact) mass is 320 g/mol. The smallest absolute Gasteiger partial charge is 0.283 e. The quantitative estimate of drug-likeness (QED) is 0.512. The summed E-state index contributed by atoms with van der Waals surface area (Å²) in [6.45, 7) is 0. The van der Waals surface area contributed by atoms with E-state index >= 15 is 0 Å². The Balaban J connectivity index is 2.33. The van der Waals surface area contributed by atoms with Gasteiger partial charge in [-0.1, -0.05) is 17.7 Å². The number of nitro groups is 2. The highest BCUT2D eigenvalue weighted by Gasteiger charge is 2.18. The van der Waals surface area contributed by atoms with Crippen LogP contribution in [0, 0.1) is 20.2 Å². The maximum absolute atomic E-state index is 11.0. The van der Waals surface area contributed by atoms with Crippen LogP contribution >= 0.6 is 11.6 Å². The maximum Gasteiger partial charge on any atom is 0.283 e. The molecule has 0 saturated carbocycles. The van der Waals surface area contributed by atoms with Gasteiger partial charge in [0.25, 0.3) is 11.4 Å². The number of benzene rings is 1. The second kappa shape index (κ2) is 6.64. The fourth-order valence-electron chi connectivity index (χ4n) is 1.66. The first-order chi connectivity index (χ1) is 10.5. The normalized spacial score (nSPS) is 11.0. The summed E-state index contributed by atoms with van der Waals surface area (Å²) in [5.41, 5.74) is -0.628. The van der Waals surface area contributed by atoms with Gasteiger partial charge >= 0.3 is 0 Å². The number of nitrogens with one attached hydrogen (secondary N) is 1. The zero-order valence-electron chi connectivity index (χ0n) is 11.0. The van der Waals surface area contributed by atoms with E-state index in [9.17, 15) is 20.2 Å². The molecule has 112 valence electrons. The van der Waals surface area contributed by atoms with Crippen molar-refractivity contribution in [3.8, 4) is 0 Å². The molecule has 9 heteroatoms. The van der Waals surface area contributed by atoms with Crippen LogP contribution in [0.3, 0.4) is 0 Å². The van der Waals surface area contributed by atoms with E-state index in [0.29, 0.717) is 5.82 Å².